The van der Waals surface area contributed by atoms with Crippen LogP contribution in [-0.2, 0) is 5.54 Å². The Morgan fingerprint density at radius 3 is 3.11 bits per heavy atom. The Morgan fingerprint density at radius 1 is 1.50 bits per heavy atom. The number of aromatic nitrogens is 2. The summed E-state index contributed by atoms with van der Waals surface area (Å²) in [6.45, 7) is 2.22. The molecule has 2 heterocycles. The van der Waals surface area contributed by atoms with E-state index in [2.05, 4.69) is 17.1 Å². The van der Waals surface area contributed by atoms with E-state index in [0.29, 0.717) is 17.6 Å². The summed E-state index contributed by atoms with van der Waals surface area (Å²) in [5.41, 5.74) is 6.77. The van der Waals surface area contributed by atoms with Crippen molar-refractivity contribution in [1.29, 1.82) is 0 Å². The van der Waals surface area contributed by atoms with E-state index in [4.69, 9.17) is 14.7 Å². The Balaban J connectivity index is 1.88. The van der Waals surface area contributed by atoms with Gasteiger partial charge in [-0.1, -0.05) is 24.9 Å². The predicted octanol–water partition coefficient (Wildman–Crippen LogP) is 2.69. The van der Waals surface area contributed by atoms with Gasteiger partial charge in [0.25, 0.3) is 0 Å². The first-order chi connectivity index (χ1) is 8.67. The van der Waals surface area contributed by atoms with Gasteiger partial charge in [-0.2, -0.15) is 4.98 Å². The molecule has 2 N–H and O–H groups in total. The molecule has 0 radical (unpaired) electrons. The van der Waals surface area contributed by atoms with Crippen molar-refractivity contribution in [3.63, 3.8) is 0 Å². The highest BCUT2D eigenvalue weighted by Crippen LogP contribution is 2.37. The van der Waals surface area contributed by atoms with Crippen molar-refractivity contribution in [2.24, 2.45) is 11.7 Å². The fourth-order valence-corrected chi connectivity index (χ4v) is 2.72. The molecule has 0 aliphatic heterocycles. The zero-order valence-electron chi connectivity index (χ0n) is 10.4. The van der Waals surface area contributed by atoms with Crippen molar-refractivity contribution in [3.8, 4) is 11.4 Å². The van der Waals surface area contributed by atoms with Gasteiger partial charge in [0.1, 0.15) is 6.26 Å². The maximum absolute atomic E-state index is 6.42. The van der Waals surface area contributed by atoms with E-state index in [1.165, 1.54) is 6.42 Å². The number of nitrogens with zero attached hydrogens (tertiary/aromatic N) is 2. The SMILES string of the molecule is CC1CCCC(N)(c2nc(-c3ccoc3)no2)C1. The minimum Gasteiger partial charge on any atom is -0.472 e. The molecule has 1 aliphatic rings. The normalized spacial score (nSPS) is 28.4. The maximum atomic E-state index is 6.42. The molecule has 1 saturated carbocycles. The molecule has 2 aromatic heterocycles. The highest BCUT2D eigenvalue weighted by molar-refractivity contribution is 5.51. The van der Waals surface area contributed by atoms with E-state index >= 15 is 0 Å². The fourth-order valence-electron chi connectivity index (χ4n) is 2.72. The molecule has 0 saturated heterocycles. The second-order valence-electron chi connectivity index (χ2n) is 5.29. The number of hydrogen-bond acceptors (Lipinski definition) is 5. The summed E-state index contributed by atoms with van der Waals surface area (Å²) in [6, 6.07) is 1.81. The van der Waals surface area contributed by atoms with Crippen molar-refractivity contribution in [2.45, 2.75) is 38.1 Å². The fraction of sp³-hybridized carbons (Fsp3) is 0.538. The Morgan fingerprint density at radius 2 is 2.39 bits per heavy atom. The highest BCUT2D eigenvalue weighted by Gasteiger charge is 2.37. The zero-order valence-corrected chi connectivity index (χ0v) is 10.4. The van der Waals surface area contributed by atoms with Gasteiger partial charge in [0.2, 0.25) is 11.7 Å². The average molecular weight is 247 g/mol. The van der Waals surface area contributed by atoms with Crippen LogP contribution in [0, 0.1) is 5.92 Å². The molecule has 3 rings (SSSR count). The third-order valence-corrected chi connectivity index (χ3v) is 3.66. The summed E-state index contributed by atoms with van der Waals surface area (Å²) in [5.74, 6) is 1.69. The van der Waals surface area contributed by atoms with Gasteiger partial charge in [0.05, 0.1) is 17.4 Å². The van der Waals surface area contributed by atoms with Gasteiger partial charge < -0.3 is 14.7 Å². The van der Waals surface area contributed by atoms with E-state index in [0.717, 1.165) is 24.8 Å². The lowest BCUT2D eigenvalue weighted by atomic mass is 9.77. The van der Waals surface area contributed by atoms with Gasteiger partial charge in [0, 0.05) is 0 Å². The predicted molar refractivity (Wildman–Crippen MR) is 65.5 cm³/mol. The number of nitrogens with two attached hydrogens (primary N) is 1. The Bertz CT molecular complexity index is 520. The molecule has 5 nitrogen and oxygen atoms in total. The Kier molecular flexibility index (Phi) is 2.70. The van der Waals surface area contributed by atoms with E-state index in [1.54, 1.807) is 18.6 Å². The van der Waals surface area contributed by atoms with Crippen molar-refractivity contribution < 1.29 is 8.94 Å². The Hall–Kier alpha value is -1.62. The molecule has 2 atom stereocenters. The molecular weight excluding hydrogens is 230 g/mol. The summed E-state index contributed by atoms with van der Waals surface area (Å²) >= 11 is 0. The molecule has 0 spiro atoms. The largest absolute Gasteiger partial charge is 0.472 e. The topological polar surface area (TPSA) is 78.1 Å². The van der Waals surface area contributed by atoms with E-state index in [1.807, 2.05) is 0 Å². The van der Waals surface area contributed by atoms with Crippen LogP contribution < -0.4 is 5.73 Å². The molecule has 96 valence electrons. The van der Waals surface area contributed by atoms with Crippen LogP contribution in [0.5, 0.6) is 0 Å². The summed E-state index contributed by atoms with van der Waals surface area (Å²) in [7, 11) is 0. The third-order valence-electron chi connectivity index (χ3n) is 3.66. The van der Waals surface area contributed by atoms with Crippen molar-refractivity contribution >= 4 is 0 Å². The molecule has 0 amide bonds. The highest BCUT2D eigenvalue weighted by atomic mass is 16.5. The van der Waals surface area contributed by atoms with Crippen LogP contribution >= 0.6 is 0 Å². The number of hydrogen-bond donors (Lipinski definition) is 1. The van der Waals surface area contributed by atoms with Crippen LogP contribution in [-0.4, -0.2) is 10.1 Å². The Labute approximate surface area is 105 Å². The van der Waals surface area contributed by atoms with Gasteiger partial charge in [-0.25, -0.2) is 0 Å². The summed E-state index contributed by atoms with van der Waals surface area (Å²) in [4.78, 5) is 4.42. The summed E-state index contributed by atoms with van der Waals surface area (Å²) < 4.78 is 10.4. The molecule has 1 aliphatic carbocycles. The average Bonchev–Trinajstić information content (AvgIpc) is 3.00. The molecule has 0 aromatic carbocycles. The summed E-state index contributed by atoms with van der Waals surface area (Å²) in [6.07, 6.45) is 7.33. The lowest BCUT2D eigenvalue weighted by molar-refractivity contribution is 0.183. The molecule has 5 heteroatoms. The number of rotatable bonds is 2. The van der Waals surface area contributed by atoms with Crippen molar-refractivity contribution in [3.05, 3.63) is 24.5 Å². The molecule has 2 aromatic rings. The van der Waals surface area contributed by atoms with Crippen LogP contribution in [0.2, 0.25) is 0 Å². The minimum atomic E-state index is -0.466. The summed E-state index contributed by atoms with van der Waals surface area (Å²) in [5, 5.41) is 3.98. The maximum Gasteiger partial charge on any atom is 0.247 e. The van der Waals surface area contributed by atoms with Gasteiger partial charge in [-0.15, -0.1) is 0 Å². The second kappa shape index (κ2) is 4.24. The first kappa shape index (κ1) is 11.5. The zero-order chi connectivity index (χ0) is 12.6. The van der Waals surface area contributed by atoms with E-state index in [9.17, 15) is 0 Å². The van der Waals surface area contributed by atoms with Crippen molar-refractivity contribution in [1.82, 2.24) is 10.1 Å². The standard InChI is InChI=1S/C13H17N3O2/c1-9-3-2-5-13(14,7-9)12-15-11(16-18-12)10-4-6-17-8-10/h4,6,8-9H,2-3,5,7,14H2,1H3. The van der Waals surface area contributed by atoms with Gasteiger partial charge in [0.15, 0.2) is 0 Å². The molecule has 0 bridgehead atoms. The quantitative estimate of drug-likeness (QED) is 0.882. The monoisotopic (exact) mass is 247 g/mol. The van der Waals surface area contributed by atoms with E-state index < -0.39 is 5.54 Å². The number of furan rings is 1. The van der Waals surface area contributed by atoms with Gasteiger partial charge >= 0.3 is 0 Å². The van der Waals surface area contributed by atoms with E-state index in [-0.39, 0.29) is 0 Å². The molecular formula is C13H17N3O2. The van der Waals surface area contributed by atoms with Gasteiger partial charge in [-0.3, -0.25) is 0 Å². The first-order valence-corrected chi connectivity index (χ1v) is 6.33. The van der Waals surface area contributed by atoms with Crippen LogP contribution in [0.4, 0.5) is 0 Å². The molecule has 18 heavy (non-hydrogen) atoms. The molecule has 1 fully saturated rings. The van der Waals surface area contributed by atoms with Gasteiger partial charge in [-0.05, 0) is 24.8 Å². The molecule has 2 unspecified atom stereocenters. The van der Waals surface area contributed by atoms with Crippen LogP contribution in [0.15, 0.2) is 27.5 Å². The van der Waals surface area contributed by atoms with Crippen LogP contribution in [0.3, 0.4) is 0 Å². The lowest BCUT2D eigenvalue weighted by Gasteiger charge is -2.33. The smallest absolute Gasteiger partial charge is 0.247 e. The van der Waals surface area contributed by atoms with Crippen molar-refractivity contribution in [2.75, 3.05) is 0 Å². The van der Waals surface area contributed by atoms with Crippen LogP contribution in [0.25, 0.3) is 11.4 Å². The van der Waals surface area contributed by atoms with Crippen LogP contribution in [0.1, 0.15) is 38.5 Å². The minimum absolute atomic E-state index is 0.466. The first-order valence-electron chi connectivity index (χ1n) is 6.33. The third kappa shape index (κ3) is 1.95. The second-order valence-corrected chi connectivity index (χ2v) is 5.29. The lowest BCUT2D eigenvalue weighted by Crippen LogP contribution is -2.41.